The quantitative estimate of drug-likeness (QED) is 0.349. The molecule has 0 spiro atoms. The van der Waals surface area contributed by atoms with E-state index in [2.05, 4.69) is 6.07 Å². The van der Waals surface area contributed by atoms with Gasteiger partial charge in [-0.15, -0.1) is 0 Å². The van der Waals surface area contributed by atoms with E-state index >= 15 is 0 Å². The fourth-order valence-corrected chi connectivity index (χ4v) is 3.39. The summed E-state index contributed by atoms with van der Waals surface area (Å²) in [7, 11) is 1.52. The lowest BCUT2D eigenvalue weighted by atomic mass is 9.96. The van der Waals surface area contributed by atoms with Crippen molar-refractivity contribution in [3.63, 3.8) is 0 Å². The molecule has 0 amide bonds. The molecule has 0 saturated heterocycles. The number of hydrogen-bond acceptors (Lipinski definition) is 6. The van der Waals surface area contributed by atoms with Gasteiger partial charge in [-0.25, -0.2) is 9.59 Å². The Kier molecular flexibility index (Phi) is 5.50. The summed E-state index contributed by atoms with van der Waals surface area (Å²) in [6.07, 6.45) is 0. The van der Waals surface area contributed by atoms with Crippen molar-refractivity contribution in [2.45, 2.75) is 6.61 Å². The maximum absolute atomic E-state index is 12.9. The first kappa shape index (κ1) is 19.9. The highest BCUT2D eigenvalue weighted by atomic mass is 16.5. The van der Waals surface area contributed by atoms with Crippen LogP contribution in [-0.2, 0) is 11.3 Å². The van der Waals surface area contributed by atoms with Gasteiger partial charge in [0.25, 0.3) is 0 Å². The number of hydrogen-bond donors (Lipinski definition) is 0. The fourth-order valence-electron chi connectivity index (χ4n) is 3.39. The van der Waals surface area contributed by atoms with Gasteiger partial charge in [0.15, 0.2) is 0 Å². The maximum Gasteiger partial charge on any atom is 0.339 e. The minimum Gasteiger partial charge on any atom is -0.497 e. The van der Waals surface area contributed by atoms with Gasteiger partial charge < -0.3 is 13.9 Å². The molecule has 31 heavy (non-hydrogen) atoms. The second kappa shape index (κ2) is 8.56. The van der Waals surface area contributed by atoms with Crippen LogP contribution in [0.3, 0.4) is 0 Å². The molecule has 0 aliphatic carbocycles. The lowest BCUT2D eigenvalue weighted by Crippen LogP contribution is -2.09. The first-order valence-electron chi connectivity index (χ1n) is 9.47. The van der Waals surface area contributed by atoms with Crippen LogP contribution in [0.25, 0.3) is 22.1 Å². The van der Waals surface area contributed by atoms with Gasteiger partial charge in [-0.05, 0) is 29.8 Å². The van der Waals surface area contributed by atoms with Gasteiger partial charge >= 0.3 is 11.6 Å². The molecule has 6 nitrogen and oxygen atoms in total. The van der Waals surface area contributed by atoms with E-state index in [4.69, 9.17) is 13.9 Å². The number of rotatable bonds is 5. The molecule has 4 rings (SSSR count). The van der Waals surface area contributed by atoms with Crippen LogP contribution in [-0.4, -0.2) is 13.1 Å². The van der Waals surface area contributed by atoms with Gasteiger partial charge in [0.2, 0.25) is 0 Å². The number of carbonyl (C=O) groups excluding carboxylic acids is 1. The molecule has 0 unspecified atom stereocenters. The van der Waals surface area contributed by atoms with E-state index < -0.39 is 11.6 Å². The number of carbonyl (C=O) groups is 1. The maximum atomic E-state index is 12.9. The molecular formula is C25H17NO5. The molecule has 0 fully saturated rings. The zero-order valence-corrected chi connectivity index (χ0v) is 16.6. The molecule has 0 bridgehead atoms. The predicted octanol–water partition coefficient (Wildman–Crippen LogP) is 4.70. The molecule has 0 saturated carbocycles. The second-order valence-corrected chi connectivity index (χ2v) is 6.73. The summed E-state index contributed by atoms with van der Waals surface area (Å²) >= 11 is 0. The number of ether oxygens (including phenoxy) is 2. The number of fused-ring (bicyclic) bond motifs is 1. The van der Waals surface area contributed by atoms with Crippen molar-refractivity contribution in [3.05, 3.63) is 99.9 Å². The highest BCUT2D eigenvalue weighted by Crippen LogP contribution is 2.28. The number of benzene rings is 3. The number of esters is 1. The summed E-state index contributed by atoms with van der Waals surface area (Å²) in [5.41, 5.74) is 2.37. The highest BCUT2D eigenvalue weighted by molar-refractivity contribution is 5.98. The molecule has 0 aliphatic rings. The second-order valence-electron chi connectivity index (χ2n) is 6.73. The lowest BCUT2D eigenvalue weighted by molar-refractivity contribution is 0.0474. The Morgan fingerprint density at radius 1 is 1.00 bits per heavy atom. The SMILES string of the molecule is COc1ccc2c(COC(=O)c3ccccc3-c3ccccc3C#N)cc(=O)oc2c1. The monoisotopic (exact) mass is 411 g/mol. The summed E-state index contributed by atoms with van der Waals surface area (Å²) < 4.78 is 15.9. The Labute approximate surface area is 177 Å². The van der Waals surface area contributed by atoms with Crippen LogP contribution < -0.4 is 10.4 Å². The van der Waals surface area contributed by atoms with Crippen LogP contribution in [0.15, 0.2) is 82.0 Å². The molecule has 152 valence electrons. The Balaban J connectivity index is 1.66. The number of nitrogens with zero attached hydrogens (tertiary/aromatic N) is 1. The molecule has 0 aliphatic heterocycles. The summed E-state index contributed by atoms with van der Waals surface area (Å²) in [4.78, 5) is 24.9. The predicted molar refractivity (Wildman–Crippen MR) is 115 cm³/mol. The normalized spacial score (nSPS) is 10.5. The highest BCUT2D eigenvalue weighted by Gasteiger charge is 2.17. The standard InChI is InChI=1S/C25H17NO5/c1-29-18-10-11-20-17(12-24(27)31-23(20)13-18)15-30-25(28)22-9-5-4-8-21(22)19-7-3-2-6-16(19)14-26/h2-13H,15H2,1H3. The molecule has 6 heteroatoms. The molecule has 3 aromatic carbocycles. The van der Waals surface area contributed by atoms with Crippen LogP contribution in [0.4, 0.5) is 0 Å². The third-order valence-corrected chi connectivity index (χ3v) is 4.88. The minimum atomic E-state index is -0.557. The smallest absolute Gasteiger partial charge is 0.339 e. The summed E-state index contributed by atoms with van der Waals surface area (Å²) in [5, 5.41) is 10.1. The van der Waals surface area contributed by atoms with Gasteiger partial charge in [-0.2, -0.15) is 5.26 Å². The molecule has 0 N–H and O–H groups in total. The zero-order chi connectivity index (χ0) is 21.8. The van der Waals surface area contributed by atoms with E-state index in [1.807, 2.05) is 6.07 Å². The minimum absolute atomic E-state index is 0.110. The Morgan fingerprint density at radius 3 is 2.52 bits per heavy atom. The van der Waals surface area contributed by atoms with Crippen LogP contribution in [0.2, 0.25) is 0 Å². The van der Waals surface area contributed by atoms with Crippen LogP contribution in [0, 0.1) is 11.3 Å². The van der Waals surface area contributed by atoms with Crippen molar-refractivity contribution < 1.29 is 18.7 Å². The average molecular weight is 411 g/mol. The lowest BCUT2D eigenvalue weighted by Gasteiger charge is -2.12. The molecule has 1 heterocycles. The first-order valence-corrected chi connectivity index (χ1v) is 9.47. The van der Waals surface area contributed by atoms with Gasteiger partial charge in [0.1, 0.15) is 17.9 Å². The van der Waals surface area contributed by atoms with Crippen LogP contribution in [0.1, 0.15) is 21.5 Å². The number of nitriles is 1. The van der Waals surface area contributed by atoms with Gasteiger partial charge in [-0.1, -0.05) is 36.4 Å². The molecule has 0 atom stereocenters. The Hall–Kier alpha value is -4.37. The van der Waals surface area contributed by atoms with E-state index in [1.165, 1.54) is 13.2 Å². The molecule has 0 radical (unpaired) electrons. The van der Waals surface area contributed by atoms with E-state index in [0.717, 1.165) is 0 Å². The van der Waals surface area contributed by atoms with Crippen molar-refractivity contribution in [1.82, 2.24) is 0 Å². The number of methoxy groups -OCH3 is 1. The van der Waals surface area contributed by atoms with Crippen molar-refractivity contribution in [2.24, 2.45) is 0 Å². The van der Waals surface area contributed by atoms with Crippen molar-refractivity contribution >= 4 is 16.9 Å². The molecule has 1 aromatic heterocycles. The van der Waals surface area contributed by atoms with Crippen LogP contribution in [0.5, 0.6) is 5.75 Å². The molecular weight excluding hydrogens is 394 g/mol. The zero-order valence-electron chi connectivity index (χ0n) is 16.6. The van der Waals surface area contributed by atoms with E-state index in [0.29, 0.717) is 44.5 Å². The van der Waals surface area contributed by atoms with Gasteiger partial charge in [-0.3, -0.25) is 0 Å². The summed E-state index contributed by atoms with van der Waals surface area (Å²) in [5.74, 6) is -0.00637. The van der Waals surface area contributed by atoms with Crippen molar-refractivity contribution in [3.8, 4) is 22.9 Å². The third kappa shape index (κ3) is 4.02. The molecule has 4 aromatic rings. The van der Waals surface area contributed by atoms with E-state index in [9.17, 15) is 14.9 Å². The fraction of sp³-hybridized carbons (Fsp3) is 0.0800. The van der Waals surface area contributed by atoms with Gasteiger partial charge in [0, 0.05) is 28.6 Å². The Bertz CT molecular complexity index is 1380. The van der Waals surface area contributed by atoms with E-state index in [-0.39, 0.29) is 6.61 Å². The van der Waals surface area contributed by atoms with Crippen LogP contribution >= 0.6 is 0 Å². The van der Waals surface area contributed by atoms with E-state index in [1.54, 1.807) is 60.7 Å². The third-order valence-electron chi connectivity index (χ3n) is 4.88. The van der Waals surface area contributed by atoms with Gasteiger partial charge in [0.05, 0.1) is 24.3 Å². The van der Waals surface area contributed by atoms with Crippen molar-refractivity contribution in [1.29, 1.82) is 5.26 Å². The van der Waals surface area contributed by atoms with Crippen molar-refractivity contribution in [2.75, 3.05) is 7.11 Å². The largest absolute Gasteiger partial charge is 0.497 e. The topological polar surface area (TPSA) is 89.5 Å². The Morgan fingerprint density at radius 2 is 1.74 bits per heavy atom. The first-order chi connectivity index (χ1) is 15.1. The summed E-state index contributed by atoms with van der Waals surface area (Å²) in [6.45, 7) is -0.110. The summed E-state index contributed by atoms with van der Waals surface area (Å²) in [6, 6.07) is 22.5. The average Bonchev–Trinajstić information content (AvgIpc) is 2.81.